The number of hydrogen-bond acceptors (Lipinski definition) is 3. The molecule has 1 amide bonds. The first-order chi connectivity index (χ1) is 15.3. The monoisotopic (exact) mass is 436 g/mol. The molecule has 0 spiro atoms. The number of carbonyl (C=O) groups excluding carboxylic acids is 1. The van der Waals surface area contributed by atoms with E-state index in [-0.39, 0.29) is 5.69 Å². The van der Waals surface area contributed by atoms with Crippen molar-refractivity contribution < 1.29 is 22.7 Å². The van der Waals surface area contributed by atoms with Gasteiger partial charge in [-0.25, -0.2) is 0 Å². The summed E-state index contributed by atoms with van der Waals surface area (Å²) in [5.41, 5.74) is 1.78. The molecule has 0 aromatic heterocycles. The SMILES string of the molecule is CC1=NN(c2cccc(C(F)(F)F)c2)C(=O)C1=Cc1ccc(OCc2ccccc2)cc1. The topological polar surface area (TPSA) is 41.9 Å². The Bertz CT molecular complexity index is 1180. The number of alkyl halides is 3. The van der Waals surface area contributed by atoms with Crippen molar-refractivity contribution in [2.75, 3.05) is 5.01 Å². The average Bonchev–Trinajstić information content (AvgIpc) is 3.07. The summed E-state index contributed by atoms with van der Waals surface area (Å²) in [6, 6.07) is 21.5. The van der Waals surface area contributed by atoms with Gasteiger partial charge in [-0.15, -0.1) is 0 Å². The van der Waals surface area contributed by atoms with Gasteiger partial charge in [0.1, 0.15) is 12.4 Å². The van der Waals surface area contributed by atoms with Gasteiger partial charge in [0.15, 0.2) is 0 Å². The highest BCUT2D eigenvalue weighted by Crippen LogP contribution is 2.33. The van der Waals surface area contributed by atoms with E-state index >= 15 is 0 Å². The van der Waals surface area contributed by atoms with E-state index in [0.29, 0.717) is 23.6 Å². The molecule has 1 aliphatic rings. The molecule has 0 saturated carbocycles. The third-order valence-corrected chi connectivity index (χ3v) is 4.92. The Balaban J connectivity index is 1.49. The maximum absolute atomic E-state index is 13.0. The van der Waals surface area contributed by atoms with Gasteiger partial charge >= 0.3 is 6.18 Å². The summed E-state index contributed by atoms with van der Waals surface area (Å²) in [5.74, 6) is 0.205. The standard InChI is InChI=1S/C25H19F3N2O2/c1-17-23(24(31)30(29-17)21-9-5-8-20(15-21)25(26,27)28)14-18-10-12-22(13-11-18)32-16-19-6-3-2-4-7-19/h2-15H,16H2,1H3. The lowest BCUT2D eigenvalue weighted by Gasteiger charge is -2.14. The van der Waals surface area contributed by atoms with E-state index in [4.69, 9.17) is 4.74 Å². The summed E-state index contributed by atoms with van der Waals surface area (Å²) < 4.78 is 44.8. The Kier molecular flexibility index (Phi) is 5.81. The number of anilines is 1. The van der Waals surface area contributed by atoms with Gasteiger partial charge in [-0.05, 0) is 54.5 Å². The van der Waals surface area contributed by atoms with Crippen molar-refractivity contribution in [1.29, 1.82) is 0 Å². The second-order valence-corrected chi connectivity index (χ2v) is 7.25. The highest BCUT2D eigenvalue weighted by atomic mass is 19.4. The number of ether oxygens (including phenoxy) is 1. The van der Waals surface area contributed by atoms with Crippen molar-refractivity contribution >= 4 is 23.4 Å². The minimum absolute atomic E-state index is 0.0669. The van der Waals surface area contributed by atoms with Gasteiger partial charge in [0, 0.05) is 0 Å². The molecule has 0 radical (unpaired) electrons. The van der Waals surface area contributed by atoms with Gasteiger partial charge < -0.3 is 4.74 Å². The van der Waals surface area contributed by atoms with Crippen molar-refractivity contribution in [1.82, 2.24) is 0 Å². The van der Waals surface area contributed by atoms with Crippen LogP contribution in [0.4, 0.5) is 18.9 Å². The molecule has 3 aromatic rings. The van der Waals surface area contributed by atoms with Crippen molar-refractivity contribution in [3.8, 4) is 5.75 Å². The number of amides is 1. The summed E-state index contributed by atoms with van der Waals surface area (Å²) in [6.45, 7) is 2.09. The zero-order chi connectivity index (χ0) is 22.7. The van der Waals surface area contributed by atoms with Crippen LogP contribution in [0.15, 0.2) is 89.5 Å². The molecule has 7 heteroatoms. The van der Waals surface area contributed by atoms with E-state index in [1.807, 2.05) is 30.3 Å². The predicted molar refractivity (Wildman–Crippen MR) is 117 cm³/mol. The number of carbonyl (C=O) groups is 1. The van der Waals surface area contributed by atoms with Crippen LogP contribution < -0.4 is 9.75 Å². The molecule has 3 aromatic carbocycles. The minimum atomic E-state index is -4.50. The third-order valence-electron chi connectivity index (χ3n) is 4.92. The zero-order valence-electron chi connectivity index (χ0n) is 17.1. The summed E-state index contributed by atoms with van der Waals surface area (Å²) in [4.78, 5) is 12.8. The first kappa shape index (κ1) is 21.4. The number of rotatable bonds is 5. The van der Waals surface area contributed by atoms with Crippen LogP contribution in [0.25, 0.3) is 6.08 Å². The number of benzene rings is 3. The molecule has 162 valence electrons. The zero-order valence-corrected chi connectivity index (χ0v) is 17.1. The van der Waals surface area contributed by atoms with Crippen LogP contribution in [0.5, 0.6) is 5.75 Å². The first-order valence-electron chi connectivity index (χ1n) is 9.87. The Hall–Kier alpha value is -3.87. The van der Waals surface area contributed by atoms with Crippen LogP contribution in [-0.2, 0) is 17.6 Å². The van der Waals surface area contributed by atoms with E-state index in [1.54, 1.807) is 37.3 Å². The van der Waals surface area contributed by atoms with Crippen LogP contribution in [0, 0.1) is 0 Å². The lowest BCUT2D eigenvalue weighted by Crippen LogP contribution is -2.21. The first-order valence-corrected chi connectivity index (χ1v) is 9.87. The molecule has 4 rings (SSSR count). The molecule has 1 heterocycles. The maximum atomic E-state index is 13.0. The summed E-state index contributed by atoms with van der Waals surface area (Å²) in [5, 5.41) is 5.15. The van der Waals surface area contributed by atoms with Crippen molar-refractivity contribution in [2.24, 2.45) is 5.10 Å². The quantitative estimate of drug-likeness (QED) is 0.454. The van der Waals surface area contributed by atoms with Gasteiger partial charge in [0.25, 0.3) is 5.91 Å². The maximum Gasteiger partial charge on any atom is 0.416 e. The van der Waals surface area contributed by atoms with E-state index < -0.39 is 17.6 Å². The number of hydrazone groups is 1. The lowest BCUT2D eigenvalue weighted by molar-refractivity contribution is -0.137. The molecule has 0 aliphatic carbocycles. The van der Waals surface area contributed by atoms with Crippen LogP contribution >= 0.6 is 0 Å². The molecule has 0 unspecified atom stereocenters. The smallest absolute Gasteiger partial charge is 0.416 e. The van der Waals surface area contributed by atoms with Crippen molar-refractivity contribution in [3.63, 3.8) is 0 Å². The molecule has 0 atom stereocenters. The number of halogens is 3. The molecular weight excluding hydrogens is 417 g/mol. The fourth-order valence-corrected chi connectivity index (χ4v) is 3.24. The van der Waals surface area contributed by atoms with Gasteiger partial charge in [-0.2, -0.15) is 23.3 Å². The lowest BCUT2D eigenvalue weighted by atomic mass is 10.1. The molecule has 0 saturated heterocycles. The van der Waals surface area contributed by atoms with Crippen molar-refractivity contribution in [3.05, 3.63) is 101 Å². The minimum Gasteiger partial charge on any atom is -0.489 e. The highest BCUT2D eigenvalue weighted by Gasteiger charge is 2.33. The fraction of sp³-hybridized carbons (Fsp3) is 0.120. The van der Waals surface area contributed by atoms with Gasteiger partial charge in [0.2, 0.25) is 0 Å². The van der Waals surface area contributed by atoms with Crippen molar-refractivity contribution in [2.45, 2.75) is 19.7 Å². The van der Waals surface area contributed by atoms with Crippen LogP contribution in [0.1, 0.15) is 23.6 Å². The largest absolute Gasteiger partial charge is 0.489 e. The fourth-order valence-electron chi connectivity index (χ4n) is 3.24. The van der Waals surface area contributed by atoms with E-state index in [1.165, 1.54) is 12.1 Å². The Morgan fingerprint density at radius 3 is 2.38 bits per heavy atom. The van der Waals surface area contributed by atoms with Gasteiger partial charge in [-0.1, -0.05) is 48.5 Å². The molecular formula is C25H19F3N2O2. The summed E-state index contributed by atoms with van der Waals surface area (Å²) >= 11 is 0. The van der Waals surface area contributed by atoms with E-state index in [0.717, 1.165) is 28.3 Å². The Morgan fingerprint density at radius 1 is 0.969 bits per heavy atom. The van der Waals surface area contributed by atoms with Gasteiger partial charge in [-0.3, -0.25) is 4.79 Å². The van der Waals surface area contributed by atoms with Crippen LogP contribution in [0.2, 0.25) is 0 Å². The van der Waals surface area contributed by atoms with Crippen LogP contribution in [-0.4, -0.2) is 11.6 Å². The Morgan fingerprint density at radius 2 is 1.69 bits per heavy atom. The molecule has 0 fully saturated rings. The third kappa shape index (κ3) is 4.72. The molecule has 1 aliphatic heterocycles. The highest BCUT2D eigenvalue weighted by molar-refractivity contribution is 6.32. The normalized spacial score (nSPS) is 15.2. The molecule has 4 nitrogen and oxygen atoms in total. The predicted octanol–water partition coefficient (Wildman–Crippen LogP) is 6.09. The van der Waals surface area contributed by atoms with E-state index in [9.17, 15) is 18.0 Å². The molecule has 0 N–H and O–H groups in total. The molecule has 32 heavy (non-hydrogen) atoms. The average molecular weight is 436 g/mol. The number of nitrogens with zero attached hydrogens (tertiary/aromatic N) is 2. The Labute approximate surface area is 183 Å². The second kappa shape index (κ2) is 8.70. The number of hydrogen-bond donors (Lipinski definition) is 0. The van der Waals surface area contributed by atoms with Crippen LogP contribution in [0.3, 0.4) is 0 Å². The van der Waals surface area contributed by atoms with Gasteiger partial charge in [0.05, 0.1) is 22.5 Å². The second-order valence-electron chi connectivity index (χ2n) is 7.25. The van der Waals surface area contributed by atoms with E-state index in [2.05, 4.69) is 5.10 Å². The summed E-state index contributed by atoms with van der Waals surface area (Å²) in [7, 11) is 0. The molecule has 0 bridgehead atoms. The summed E-state index contributed by atoms with van der Waals surface area (Å²) in [6.07, 6.45) is -2.84.